The Bertz CT molecular complexity index is 274. The van der Waals surface area contributed by atoms with Crippen LogP contribution in [0, 0.1) is 5.92 Å². The zero-order valence-corrected chi connectivity index (χ0v) is 7.84. The topological polar surface area (TPSA) is 67.5 Å². The summed E-state index contributed by atoms with van der Waals surface area (Å²) < 4.78 is 0. The largest absolute Gasteiger partial charge is 0.370 e. The van der Waals surface area contributed by atoms with Crippen LogP contribution >= 0.6 is 0 Å². The zero-order valence-electron chi connectivity index (χ0n) is 7.84. The minimum atomic E-state index is -0.512. The molecule has 1 fully saturated rings. The Morgan fingerprint density at radius 3 is 3.00 bits per heavy atom. The highest BCUT2D eigenvalue weighted by Gasteiger charge is 2.45. The number of nitrogens with zero attached hydrogens (tertiary/aromatic N) is 1. The Morgan fingerprint density at radius 2 is 2.46 bits per heavy atom. The summed E-state index contributed by atoms with van der Waals surface area (Å²) >= 11 is 0. The Morgan fingerprint density at radius 1 is 1.69 bits per heavy atom. The third-order valence-corrected chi connectivity index (χ3v) is 2.97. The van der Waals surface area contributed by atoms with Crippen molar-refractivity contribution >= 4 is 11.9 Å². The summed E-state index contributed by atoms with van der Waals surface area (Å²) in [5.41, 5.74) is 4.98. The molecule has 0 aromatic carbocycles. The molecule has 0 bridgehead atoms. The van der Waals surface area contributed by atoms with Crippen LogP contribution in [0.4, 0.5) is 0 Å². The van der Waals surface area contributed by atoms with E-state index in [2.05, 4.69) is 17.2 Å². The van der Waals surface area contributed by atoms with Crippen molar-refractivity contribution in [1.29, 1.82) is 0 Å². The molecule has 1 aliphatic carbocycles. The molecule has 2 aliphatic rings. The van der Waals surface area contributed by atoms with Gasteiger partial charge >= 0.3 is 0 Å². The van der Waals surface area contributed by atoms with Crippen LogP contribution < -0.4 is 11.1 Å². The van der Waals surface area contributed by atoms with Crippen molar-refractivity contribution in [2.24, 2.45) is 16.6 Å². The van der Waals surface area contributed by atoms with E-state index in [1.807, 2.05) is 0 Å². The average Bonchev–Trinajstić information content (AvgIpc) is 2.26. The number of aliphatic imine (C=N–C) groups is 1. The van der Waals surface area contributed by atoms with Crippen LogP contribution in [-0.4, -0.2) is 17.4 Å². The standard InChI is InChI=1S/C9H15N3O/c1-6-3-2-4-9(5-6)7(13)11-8(10)12-9/h6H,2-5H2,1H3,(H3,10,11,12,13). The minimum Gasteiger partial charge on any atom is -0.370 e. The van der Waals surface area contributed by atoms with Gasteiger partial charge in [-0.15, -0.1) is 0 Å². The Hall–Kier alpha value is -1.06. The molecule has 1 aliphatic heterocycles. The number of nitrogens with two attached hydrogens (primary N) is 1. The maximum absolute atomic E-state index is 11.6. The van der Waals surface area contributed by atoms with Crippen LogP contribution in [0.25, 0.3) is 0 Å². The number of carbonyl (C=O) groups excluding carboxylic acids is 1. The Balaban J connectivity index is 2.23. The number of guanidine groups is 1. The first-order valence-corrected chi connectivity index (χ1v) is 4.79. The summed E-state index contributed by atoms with van der Waals surface area (Å²) in [5.74, 6) is 0.866. The molecule has 0 saturated heterocycles. The molecule has 0 aromatic rings. The third kappa shape index (κ3) is 1.30. The van der Waals surface area contributed by atoms with Gasteiger partial charge < -0.3 is 5.73 Å². The first-order valence-electron chi connectivity index (χ1n) is 4.79. The summed E-state index contributed by atoms with van der Waals surface area (Å²) in [6.45, 7) is 2.16. The second kappa shape index (κ2) is 2.72. The highest BCUT2D eigenvalue weighted by Crippen LogP contribution is 2.36. The smallest absolute Gasteiger partial charge is 0.254 e. The van der Waals surface area contributed by atoms with Gasteiger partial charge in [-0.3, -0.25) is 10.1 Å². The molecule has 2 unspecified atom stereocenters. The van der Waals surface area contributed by atoms with E-state index in [1.54, 1.807) is 0 Å². The van der Waals surface area contributed by atoms with E-state index in [0.717, 1.165) is 19.3 Å². The Labute approximate surface area is 77.6 Å². The summed E-state index contributed by atoms with van der Waals surface area (Å²) in [4.78, 5) is 15.8. The lowest BCUT2D eigenvalue weighted by Crippen LogP contribution is -2.43. The highest BCUT2D eigenvalue weighted by atomic mass is 16.2. The normalized spacial score (nSPS) is 39.0. The molecule has 1 amide bonds. The van der Waals surface area contributed by atoms with E-state index in [-0.39, 0.29) is 5.91 Å². The molecule has 2 atom stereocenters. The van der Waals surface area contributed by atoms with Gasteiger partial charge in [-0.05, 0) is 18.8 Å². The summed E-state index contributed by atoms with van der Waals surface area (Å²) in [6, 6.07) is 0. The predicted octanol–water partition coefficient (Wildman–Crippen LogP) is 0.380. The number of hydrogen-bond acceptors (Lipinski definition) is 3. The summed E-state index contributed by atoms with van der Waals surface area (Å²) in [5, 5.41) is 2.59. The van der Waals surface area contributed by atoms with Crippen LogP contribution in [-0.2, 0) is 4.79 Å². The molecule has 72 valence electrons. The average molecular weight is 181 g/mol. The summed E-state index contributed by atoms with van der Waals surface area (Å²) in [6.07, 6.45) is 3.97. The summed E-state index contributed by atoms with van der Waals surface area (Å²) in [7, 11) is 0. The van der Waals surface area contributed by atoms with Gasteiger partial charge in [0.1, 0.15) is 5.54 Å². The molecule has 4 nitrogen and oxygen atoms in total. The number of nitrogens with one attached hydrogen (secondary N) is 1. The second-order valence-corrected chi connectivity index (χ2v) is 4.18. The van der Waals surface area contributed by atoms with Crippen molar-refractivity contribution in [2.45, 2.75) is 38.1 Å². The van der Waals surface area contributed by atoms with Gasteiger partial charge in [-0.1, -0.05) is 19.8 Å². The van der Waals surface area contributed by atoms with Gasteiger partial charge in [0.25, 0.3) is 5.91 Å². The van der Waals surface area contributed by atoms with Crippen LogP contribution in [0.1, 0.15) is 32.6 Å². The van der Waals surface area contributed by atoms with Crippen molar-refractivity contribution in [3.8, 4) is 0 Å². The predicted molar refractivity (Wildman–Crippen MR) is 50.1 cm³/mol. The van der Waals surface area contributed by atoms with E-state index in [1.165, 1.54) is 6.42 Å². The van der Waals surface area contributed by atoms with E-state index < -0.39 is 5.54 Å². The van der Waals surface area contributed by atoms with Crippen LogP contribution in [0.2, 0.25) is 0 Å². The molecular formula is C9H15N3O. The number of amides is 1. The van der Waals surface area contributed by atoms with Gasteiger partial charge in [0.05, 0.1) is 0 Å². The fourth-order valence-electron chi connectivity index (χ4n) is 2.37. The maximum atomic E-state index is 11.6. The van der Waals surface area contributed by atoms with Crippen molar-refractivity contribution in [1.82, 2.24) is 5.32 Å². The molecule has 1 saturated carbocycles. The first-order chi connectivity index (χ1) is 6.12. The van der Waals surface area contributed by atoms with E-state index in [0.29, 0.717) is 11.9 Å². The minimum absolute atomic E-state index is 0.00319. The lowest BCUT2D eigenvalue weighted by molar-refractivity contribution is -0.125. The lowest BCUT2D eigenvalue weighted by atomic mass is 9.77. The van der Waals surface area contributed by atoms with E-state index >= 15 is 0 Å². The number of carbonyl (C=O) groups is 1. The van der Waals surface area contributed by atoms with Crippen molar-refractivity contribution in [3.63, 3.8) is 0 Å². The van der Waals surface area contributed by atoms with Crippen molar-refractivity contribution < 1.29 is 4.79 Å². The first kappa shape index (κ1) is 8.53. The molecule has 1 heterocycles. The lowest BCUT2D eigenvalue weighted by Gasteiger charge is -2.31. The number of rotatable bonds is 0. The monoisotopic (exact) mass is 181 g/mol. The molecule has 3 N–H and O–H groups in total. The molecular weight excluding hydrogens is 166 g/mol. The van der Waals surface area contributed by atoms with Gasteiger partial charge in [0, 0.05) is 0 Å². The SMILES string of the molecule is CC1CCCC2(C1)N=C(N)NC2=O. The third-order valence-electron chi connectivity index (χ3n) is 2.97. The fraction of sp³-hybridized carbons (Fsp3) is 0.778. The fourth-order valence-corrected chi connectivity index (χ4v) is 2.37. The molecule has 2 rings (SSSR count). The number of hydrogen-bond donors (Lipinski definition) is 2. The Kier molecular flexibility index (Phi) is 1.78. The molecule has 4 heteroatoms. The van der Waals surface area contributed by atoms with Crippen LogP contribution in [0.15, 0.2) is 4.99 Å². The quantitative estimate of drug-likeness (QED) is 0.567. The zero-order chi connectivity index (χ0) is 9.47. The van der Waals surface area contributed by atoms with Gasteiger partial charge in [-0.25, -0.2) is 4.99 Å². The van der Waals surface area contributed by atoms with Crippen LogP contribution in [0.3, 0.4) is 0 Å². The van der Waals surface area contributed by atoms with Gasteiger partial charge in [0.15, 0.2) is 5.96 Å². The van der Waals surface area contributed by atoms with Crippen molar-refractivity contribution in [3.05, 3.63) is 0 Å². The highest BCUT2D eigenvalue weighted by molar-refractivity contribution is 6.06. The molecule has 13 heavy (non-hydrogen) atoms. The van der Waals surface area contributed by atoms with E-state index in [9.17, 15) is 4.79 Å². The molecule has 0 aromatic heterocycles. The van der Waals surface area contributed by atoms with E-state index in [4.69, 9.17) is 5.73 Å². The van der Waals surface area contributed by atoms with Gasteiger partial charge in [0.2, 0.25) is 0 Å². The maximum Gasteiger partial charge on any atom is 0.254 e. The molecule has 0 radical (unpaired) electrons. The molecule has 1 spiro atoms. The van der Waals surface area contributed by atoms with Crippen LogP contribution in [0.5, 0.6) is 0 Å². The van der Waals surface area contributed by atoms with Gasteiger partial charge in [-0.2, -0.15) is 0 Å². The van der Waals surface area contributed by atoms with Crippen molar-refractivity contribution in [2.75, 3.05) is 0 Å². The second-order valence-electron chi connectivity index (χ2n) is 4.18.